The summed E-state index contributed by atoms with van der Waals surface area (Å²) < 4.78 is 33.5. The van der Waals surface area contributed by atoms with Gasteiger partial charge in [-0.05, 0) is 58.4 Å². The van der Waals surface area contributed by atoms with Crippen LogP contribution in [0.5, 0.6) is 5.75 Å². The number of halogens is 2. The van der Waals surface area contributed by atoms with Gasteiger partial charge in [-0.3, -0.25) is 4.72 Å². The molecule has 7 heteroatoms. The first-order valence-electron chi connectivity index (χ1n) is 5.54. The van der Waals surface area contributed by atoms with E-state index in [1.54, 1.807) is 37.4 Å². The number of hydrogen-bond donors (Lipinski definition) is 1. The zero-order chi connectivity index (χ0) is 14.8. The zero-order valence-corrected chi connectivity index (χ0v) is 14.4. The van der Waals surface area contributed by atoms with Crippen molar-refractivity contribution in [3.05, 3.63) is 51.4 Å². The van der Waals surface area contributed by atoms with Crippen LogP contribution in [0.3, 0.4) is 0 Å². The molecule has 0 aromatic heterocycles. The van der Waals surface area contributed by atoms with Gasteiger partial charge in [0.05, 0.1) is 22.2 Å². The fourth-order valence-corrected chi connectivity index (χ4v) is 3.41. The largest absolute Gasteiger partial charge is 0.496 e. The van der Waals surface area contributed by atoms with E-state index in [2.05, 4.69) is 36.6 Å². The second kappa shape index (κ2) is 6.15. The van der Waals surface area contributed by atoms with E-state index in [4.69, 9.17) is 4.74 Å². The maximum atomic E-state index is 12.2. The Hall–Kier alpha value is -1.05. The average Bonchev–Trinajstić information content (AvgIpc) is 2.39. The third-order valence-corrected chi connectivity index (χ3v) is 5.07. The molecule has 0 saturated heterocycles. The van der Waals surface area contributed by atoms with Gasteiger partial charge in [0, 0.05) is 4.47 Å². The van der Waals surface area contributed by atoms with E-state index in [1.807, 2.05) is 0 Å². The Balaban J connectivity index is 2.28. The summed E-state index contributed by atoms with van der Waals surface area (Å²) >= 11 is 6.58. The van der Waals surface area contributed by atoms with E-state index in [0.29, 0.717) is 15.9 Å². The van der Waals surface area contributed by atoms with Crippen LogP contribution in [0.4, 0.5) is 5.69 Å². The molecule has 0 atom stereocenters. The fourth-order valence-electron chi connectivity index (χ4n) is 1.56. The van der Waals surface area contributed by atoms with Crippen LogP contribution in [-0.4, -0.2) is 15.5 Å². The summed E-state index contributed by atoms with van der Waals surface area (Å²) in [4.78, 5) is 0.202. The molecule has 1 N–H and O–H groups in total. The lowest BCUT2D eigenvalue weighted by atomic mass is 10.3. The van der Waals surface area contributed by atoms with Gasteiger partial charge >= 0.3 is 0 Å². The molecule has 4 nitrogen and oxygen atoms in total. The smallest absolute Gasteiger partial charge is 0.261 e. The van der Waals surface area contributed by atoms with Gasteiger partial charge in [0.15, 0.2) is 0 Å². The molecule has 0 saturated carbocycles. The zero-order valence-electron chi connectivity index (χ0n) is 10.4. The lowest BCUT2D eigenvalue weighted by Crippen LogP contribution is -2.12. The molecule has 2 aromatic carbocycles. The van der Waals surface area contributed by atoms with E-state index >= 15 is 0 Å². The highest BCUT2D eigenvalue weighted by Gasteiger charge is 2.14. The van der Waals surface area contributed by atoms with Gasteiger partial charge in [-0.25, -0.2) is 8.42 Å². The minimum Gasteiger partial charge on any atom is -0.496 e. The summed E-state index contributed by atoms with van der Waals surface area (Å²) in [6, 6.07) is 11.4. The van der Waals surface area contributed by atoms with Crippen LogP contribution in [0, 0.1) is 0 Å². The molecule has 0 unspecified atom stereocenters. The van der Waals surface area contributed by atoms with E-state index < -0.39 is 10.0 Å². The number of sulfonamides is 1. The van der Waals surface area contributed by atoms with Crippen molar-refractivity contribution in [2.45, 2.75) is 4.90 Å². The van der Waals surface area contributed by atoms with Gasteiger partial charge in [0.2, 0.25) is 0 Å². The number of anilines is 1. The minimum absolute atomic E-state index is 0.202. The number of methoxy groups -OCH3 is 1. The monoisotopic (exact) mass is 419 g/mol. The molecule has 20 heavy (non-hydrogen) atoms. The number of nitrogens with one attached hydrogen (secondary N) is 1. The maximum absolute atomic E-state index is 12.2. The molecule has 106 valence electrons. The summed E-state index contributed by atoms with van der Waals surface area (Å²) in [5.74, 6) is 0.636. The summed E-state index contributed by atoms with van der Waals surface area (Å²) in [5, 5.41) is 0. The van der Waals surface area contributed by atoms with Crippen LogP contribution in [0.2, 0.25) is 0 Å². The van der Waals surface area contributed by atoms with Crippen molar-refractivity contribution >= 4 is 47.6 Å². The maximum Gasteiger partial charge on any atom is 0.261 e. The number of benzene rings is 2. The highest BCUT2D eigenvalue weighted by molar-refractivity contribution is 9.10. The van der Waals surface area contributed by atoms with E-state index in [-0.39, 0.29) is 4.90 Å². The Morgan fingerprint density at radius 1 is 1.05 bits per heavy atom. The first kappa shape index (κ1) is 15.3. The van der Waals surface area contributed by atoms with E-state index in [1.165, 1.54) is 12.1 Å². The highest BCUT2D eigenvalue weighted by atomic mass is 79.9. The van der Waals surface area contributed by atoms with Gasteiger partial charge in [0.1, 0.15) is 5.75 Å². The highest BCUT2D eigenvalue weighted by Crippen LogP contribution is 2.29. The second-order valence-corrected chi connectivity index (χ2v) is 7.36. The molecule has 0 heterocycles. The van der Waals surface area contributed by atoms with Crippen LogP contribution < -0.4 is 9.46 Å². The molecular weight excluding hydrogens is 410 g/mol. The Morgan fingerprint density at radius 3 is 2.25 bits per heavy atom. The van der Waals surface area contributed by atoms with Crippen LogP contribution >= 0.6 is 31.9 Å². The normalized spacial score (nSPS) is 11.2. The van der Waals surface area contributed by atoms with Gasteiger partial charge < -0.3 is 4.74 Å². The van der Waals surface area contributed by atoms with Crippen molar-refractivity contribution in [2.75, 3.05) is 11.8 Å². The number of rotatable bonds is 4. The summed E-state index contributed by atoms with van der Waals surface area (Å²) in [5.41, 5.74) is 0.459. The first-order chi connectivity index (χ1) is 9.42. The predicted molar refractivity (Wildman–Crippen MR) is 85.6 cm³/mol. The molecule has 0 bridgehead atoms. The van der Waals surface area contributed by atoms with Crippen LogP contribution in [-0.2, 0) is 10.0 Å². The SMILES string of the molecule is COc1ccc(NS(=O)(=O)c2ccc(Br)cc2)cc1Br. The van der Waals surface area contributed by atoms with Gasteiger partial charge in [0.25, 0.3) is 10.0 Å². The van der Waals surface area contributed by atoms with Crippen LogP contribution in [0.15, 0.2) is 56.3 Å². The fraction of sp³-hybridized carbons (Fsp3) is 0.0769. The molecule has 0 fully saturated rings. The van der Waals surface area contributed by atoms with Gasteiger partial charge in [-0.15, -0.1) is 0 Å². The summed E-state index contributed by atoms with van der Waals surface area (Å²) in [7, 11) is -2.05. The first-order valence-corrected chi connectivity index (χ1v) is 8.61. The van der Waals surface area contributed by atoms with Crippen molar-refractivity contribution in [3.8, 4) is 5.75 Å². The lowest BCUT2D eigenvalue weighted by Gasteiger charge is -2.10. The number of ether oxygens (including phenoxy) is 1. The minimum atomic E-state index is -3.60. The van der Waals surface area contributed by atoms with E-state index in [0.717, 1.165) is 4.47 Å². The molecule has 0 amide bonds. The van der Waals surface area contributed by atoms with Crippen molar-refractivity contribution in [1.29, 1.82) is 0 Å². The van der Waals surface area contributed by atoms with Crippen molar-refractivity contribution < 1.29 is 13.2 Å². The molecule has 0 spiro atoms. The Labute approximate surface area is 134 Å². The van der Waals surface area contributed by atoms with Crippen molar-refractivity contribution in [3.63, 3.8) is 0 Å². The lowest BCUT2D eigenvalue weighted by molar-refractivity contribution is 0.412. The van der Waals surface area contributed by atoms with Crippen molar-refractivity contribution in [2.24, 2.45) is 0 Å². The number of hydrogen-bond acceptors (Lipinski definition) is 3. The molecule has 0 aliphatic carbocycles. The third-order valence-electron chi connectivity index (χ3n) is 2.53. The van der Waals surface area contributed by atoms with Gasteiger partial charge in [-0.2, -0.15) is 0 Å². The Kier molecular flexibility index (Phi) is 4.72. The Morgan fingerprint density at radius 2 is 1.70 bits per heavy atom. The standard InChI is InChI=1S/C13H11Br2NO3S/c1-19-13-7-4-10(8-12(13)15)16-20(17,18)11-5-2-9(14)3-6-11/h2-8,16H,1H3. The van der Waals surface area contributed by atoms with Gasteiger partial charge in [-0.1, -0.05) is 15.9 Å². The molecule has 0 radical (unpaired) electrons. The molecular formula is C13H11Br2NO3S. The topological polar surface area (TPSA) is 55.4 Å². The van der Waals surface area contributed by atoms with Crippen LogP contribution in [0.1, 0.15) is 0 Å². The summed E-state index contributed by atoms with van der Waals surface area (Å²) in [6.45, 7) is 0. The Bertz CT molecular complexity index is 715. The van der Waals surface area contributed by atoms with Crippen molar-refractivity contribution in [1.82, 2.24) is 0 Å². The quantitative estimate of drug-likeness (QED) is 0.812. The second-order valence-electron chi connectivity index (χ2n) is 3.91. The summed E-state index contributed by atoms with van der Waals surface area (Å²) in [6.07, 6.45) is 0. The predicted octanol–water partition coefficient (Wildman–Crippen LogP) is 4.02. The molecule has 2 aromatic rings. The molecule has 0 aliphatic rings. The van der Waals surface area contributed by atoms with Crippen LogP contribution in [0.25, 0.3) is 0 Å². The molecule has 0 aliphatic heterocycles. The molecule has 2 rings (SSSR count). The van der Waals surface area contributed by atoms with E-state index in [9.17, 15) is 8.42 Å². The third kappa shape index (κ3) is 3.53. The average molecular weight is 421 g/mol.